The highest BCUT2D eigenvalue weighted by Crippen LogP contribution is 2.26. The molecule has 0 fully saturated rings. The first-order valence-corrected chi connectivity index (χ1v) is 5.88. The van der Waals surface area contributed by atoms with Gasteiger partial charge in [0.05, 0.1) is 5.02 Å². The number of halogens is 1. The number of nitrogens with zero attached hydrogens (tertiary/aromatic N) is 2. The van der Waals surface area contributed by atoms with Crippen molar-refractivity contribution in [2.75, 3.05) is 6.54 Å². The van der Waals surface area contributed by atoms with E-state index in [4.69, 9.17) is 21.9 Å². The van der Waals surface area contributed by atoms with Crippen molar-refractivity contribution < 1.29 is 4.52 Å². The maximum Gasteiger partial charge on any atom is 0.229 e. The van der Waals surface area contributed by atoms with E-state index in [1.54, 1.807) is 6.07 Å². The Morgan fingerprint density at radius 3 is 2.88 bits per heavy atom. The molecule has 1 atom stereocenters. The van der Waals surface area contributed by atoms with Gasteiger partial charge in [0.1, 0.15) is 0 Å². The molecule has 0 saturated heterocycles. The summed E-state index contributed by atoms with van der Waals surface area (Å²) in [5.74, 6) is 1.29. The molecule has 1 unspecified atom stereocenters. The average molecular weight is 252 g/mol. The van der Waals surface area contributed by atoms with Gasteiger partial charge in [-0.05, 0) is 25.1 Å². The summed E-state index contributed by atoms with van der Waals surface area (Å²) in [4.78, 5) is 4.34. The van der Waals surface area contributed by atoms with E-state index in [-0.39, 0.29) is 5.92 Å². The van der Waals surface area contributed by atoms with Gasteiger partial charge < -0.3 is 10.3 Å². The maximum atomic E-state index is 6.07. The van der Waals surface area contributed by atoms with Crippen molar-refractivity contribution in [2.45, 2.75) is 19.3 Å². The lowest BCUT2D eigenvalue weighted by Crippen LogP contribution is -2.04. The van der Waals surface area contributed by atoms with Crippen LogP contribution in [0.4, 0.5) is 0 Å². The van der Waals surface area contributed by atoms with E-state index in [2.05, 4.69) is 10.1 Å². The van der Waals surface area contributed by atoms with Crippen LogP contribution in [0.15, 0.2) is 28.8 Å². The highest BCUT2D eigenvalue weighted by molar-refractivity contribution is 6.33. The molecule has 0 bridgehead atoms. The quantitative estimate of drug-likeness (QED) is 0.908. The molecule has 1 aromatic carbocycles. The molecule has 2 rings (SSSR count). The van der Waals surface area contributed by atoms with Crippen LogP contribution in [0.1, 0.15) is 25.2 Å². The van der Waals surface area contributed by atoms with E-state index < -0.39 is 0 Å². The standard InChI is InChI=1S/C12H14ClN3O/c1-8(6-7-14)12-15-11(16-17-12)9-4-2-3-5-10(9)13/h2-5,8H,6-7,14H2,1H3. The Kier molecular flexibility index (Phi) is 3.76. The SMILES string of the molecule is CC(CCN)c1nc(-c2ccccc2Cl)no1. The summed E-state index contributed by atoms with van der Waals surface area (Å²) in [5.41, 5.74) is 6.28. The number of nitrogens with two attached hydrogens (primary N) is 1. The molecular formula is C12H14ClN3O. The minimum absolute atomic E-state index is 0.170. The Labute approximate surface area is 105 Å². The second-order valence-corrected chi connectivity index (χ2v) is 4.32. The van der Waals surface area contributed by atoms with Crippen LogP contribution >= 0.6 is 11.6 Å². The Hall–Kier alpha value is -1.39. The second-order valence-electron chi connectivity index (χ2n) is 3.91. The minimum Gasteiger partial charge on any atom is -0.339 e. The van der Waals surface area contributed by atoms with Gasteiger partial charge in [-0.1, -0.05) is 35.8 Å². The number of rotatable bonds is 4. The molecule has 0 amide bonds. The van der Waals surface area contributed by atoms with Gasteiger partial charge >= 0.3 is 0 Å². The van der Waals surface area contributed by atoms with E-state index >= 15 is 0 Å². The molecule has 0 saturated carbocycles. The molecule has 5 heteroatoms. The van der Waals surface area contributed by atoms with Gasteiger partial charge in [-0.15, -0.1) is 0 Å². The third-order valence-electron chi connectivity index (χ3n) is 2.58. The lowest BCUT2D eigenvalue weighted by molar-refractivity contribution is 0.355. The molecule has 1 heterocycles. The molecule has 2 aromatic rings. The number of hydrogen-bond acceptors (Lipinski definition) is 4. The first kappa shape index (κ1) is 12.1. The van der Waals surface area contributed by atoms with E-state index in [1.165, 1.54) is 0 Å². The van der Waals surface area contributed by atoms with Crippen LogP contribution in [0.3, 0.4) is 0 Å². The fraction of sp³-hybridized carbons (Fsp3) is 0.333. The van der Waals surface area contributed by atoms with Crippen LogP contribution in [0.2, 0.25) is 5.02 Å². The van der Waals surface area contributed by atoms with Crippen molar-refractivity contribution in [3.8, 4) is 11.4 Å². The second kappa shape index (κ2) is 5.29. The normalized spacial score (nSPS) is 12.6. The van der Waals surface area contributed by atoms with Crippen molar-refractivity contribution in [3.05, 3.63) is 35.2 Å². The summed E-state index contributed by atoms with van der Waals surface area (Å²) < 4.78 is 5.21. The van der Waals surface area contributed by atoms with Crippen molar-refractivity contribution in [2.24, 2.45) is 5.73 Å². The molecule has 0 aliphatic rings. The van der Waals surface area contributed by atoms with Crippen LogP contribution in [-0.2, 0) is 0 Å². The molecule has 1 aromatic heterocycles. The lowest BCUT2D eigenvalue weighted by Gasteiger charge is -2.01. The zero-order chi connectivity index (χ0) is 12.3. The number of hydrogen-bond donors (Lipinski definition) is 1. The molecular weight excluding hydrogens is 238 g/mol. The topological polar surface area (TPSA) is 64.9 Å². The molecule has 4 nitrogen and oxygen atoms in total. The van der Waals surface area contributed by atoms with Crippen molar-refractivity contribution in [3.63, 3.8) is 0 Å². The molecule has 17 heavy (non-hydrogen) atoms. The summed E-state index contributed by atoms with van der Waals surface area (Å²) in [7, 11) is 0. The van der Waals surface area contributed by atoms with E-state index in [1.807, 2.05) is 25.1 Å². The van der Waals surface area contributed by atoms with Crippen LogP contribution in [-0.4, -0.2) is 16.7 Å². The van der Waals surface area contributed by atoms with E-state index in [9.17, 15) is 0 Å². The lowest BCUT2D eigenvalue weighted by atomic mass is 10.1. The summed E-state index contributed by atoms with van der Waals surface area (Å²) in [6.07, 6.45) is 0.824. The largest absolute Gasteiger partial charge is 0.339 e. The molecule has 0 aliphatic carbocycles. The molecule has 0 aliphatic heterocycles. The third kappa shape index (κ3) is 2.65. The maximum absolute atomic E-state index is 6.07. The number of aromatic nitrogens is 2. The highest BCUT2D eigenvalue weighted by atomic mass is 35.5. The summed E-state index contributed by atoms with van der Waals surface area (Å²) in [6, 6.07) is 7.42. The van der Waals surface area contributed by atoms with E-state index in [0.717, 1.165) is 12.0 Å². The smallest absolute Gasteiger partial charge is 0.229 e. The summed E-state index contributed by atoms with van der Waals surface area (Å²) >= 11 is 6.07. The van der Waals surface area contributed by atoms with Crippen LogP contribution in [0, 0.1) is 0 Å². The zero-order valence-electron chi connectivity index (χ0n) is 9.56. The minimum atomic E-state index is 0.170. The van der Waals surface area contributed by atoms with Gasteiger partial charge in [0.25, 0.3) is 0 Å². The first-order chi connectivity index (χ1) is 8.22. The number of benzene rings is 1. The van der Waals surface area contributed by atoms with Crippen molar-refractivity contribution in [1.82, 2.24) is 10.1 Å². The van der Waals surface area contributed by atoms with Gasteiger partial charge in [0.2, 0.25) is 11.7 Å². The van der Waals surface area contributed by atoms with Crippen LogP contribution in [0.5, 0.6) is 0 Å². The highest BCUT2D eigenvalue weighted by Gasteiger charge is 2.15. The van der Waals surface area contributed by atoms with Gasteiger partial charge in [-0.3, -0.25) is 0 Å². The Morgan fingerprint density at radius 2 is 2.18 bits per heavy atom. The predicted octanol–water partition coefficient (Wildman–Crippen LogP) is 2.84. The molecule has 0 spiro atoms. The van der Waals surface area contributed by atoms with Crippen molar-refractivity contribution in [1.29, 1.82) is 0 Å². The third-order valence-corrected chi connectivity index (χ3v) is 2.91. The van der Waals surface area contributed by atoms with Gasteiger partial charge in [-0.2, -0.15) is 4.98 Å². The van der Waals surface area contributed by atoms with Gasteiger partial charge in [-0.25, -0.2) is 0 Å². The van der Waals surface area contributed by atoms with Crippen molar-refractivity contribution >= 4 is 11.6 Å². The summed E-state index contributed by atoms with van der Waals surface area (Å²) in [6.45, 7) is 2.61. The Bertz CT molecular complexity index is 498. The average Bonchev–Trinajstić information content (AvgIpc) is 2.79. The van der Waals surface area contributed by atoms with E-state index in [0.29, 0.717) is 23.3 Å². The van der Waals surface area contributed by atoms with Gasteiger partial charge in [0.15, 0.2) is 0 Å². The molecule has 90 valence electrons. The molecule has 2 N–H and O–H groups in total. The predicted molar refractivity (Wildman–Crippen MR) is 66.8 cm³/mol. The fourth-order valence-electron chi connectivity index (χ4n) is 1.56. The first-order valence-electron chi connectivity index (χ1n) is 5.51. The molecule has 0 radical (unpaired) electrons. The Morgan fingerprint density at radius 1 is 1.41 bits per heavy atom. The van der Waals surface area contributed by atoms with Gasteiger partial charge in [0, 0.05) is 11.5 Å². The van der Waals surface area contributed by atoms with Crippen LogP contribution in [0.25, 0.3) is 11.4 Å². The fourth-order valence-corrected chi connectivity index (χ4v) is 1.78. The van der Waals surface area contributed by atoms with Crippen LogP contribution < -0.4 is 5.73 Å². The zero-order valence-corrected chi connectivity index (χ0v) is 10.3. The Balaban J connectivity index is 2.27. The summed E-state index contributed by atoms with van der Waals surface area (Å²) in [5, 5.41) is 4.56. The monoisotopic (exact) mass is 251 g/mol.